The number of phenols is 1. The molecule has 0 spiro atoms. The van der Waals surface area contributed by atoms with Crippen LogP contribution in [0.5, 0.6) is 5.75 Å². The molecule has 0 saturated heterocycles. The van der Waals surface area contributed by atoms with E-state index < -0.39 is 48.4 Å². The fraction of sp³-hybridized carbons (Fsp3) is 0.333. The molecule has 8 N–H and O–H groups in total. The minimum Gasteiger partial charge on any atom is -0.508 e. The molecule has 3 aromatic rings. The summed E-state index contributed by atoms with van der Waals surface area (Å²) in [6.45, 7) is -0.422. The van der Waals surface area contributed by atoms with E-state index in [9.17, 15) is 29.4 Å². The van der Waals surface area contributed by atoms with Crippen LogP contribution in [0, 0.1) is 0 Å². The largest absolute Gasteiger partial charge is 0.508 e. The number of carboxylic acid groups (broad SMARTS) is 1. The Kier molecular flexibility index (Phi) is 10.8. The highest BCUT2D eigenvalue weighted by atomic mass is 32.2. The summed E-state index contributed by atoms with van der Waals surface area (Å²) in [7, 11) is 0. The fourth-order valence-electron chi connectivity index (χ4n) is 4.02. The van der Waals surface area contributed by atoms with Gasteiger partial charge in [-0.2, -0.15) is 11.8 Å². The number of hydrogen-bond donors (Lipinski definition) is 7. The van der Waals surface area contributed by atoms with Crippen molar-refractivity contribution in [2.45, 2.75) is 37.4 Å². The lowest BCUT2D eigenvalue weighted by Gasteiger charge is -2.22. The van der Waals surface area contributed by atoms with Gasteiger partial charge in [0.1, 0.15) is 17.8 Å². The van der Waals surface area contributed by atoms with Crippen molar-refractivity contribution in [3.8, 4) is 5.75 Å². The number of fused-ring (bicyclic) bond motifs is 1. The van der Waals surface area contributed by atoms with Gasteiger partial charge in [0.15, 0.2) is 0 Å². The first-order valence-corrected chi connectivity index (χ1v) is 13.7. The lowest BCUT2D eigenvalue weighted by Crippen LogP contribution is -2.54. The molecule has 0 bridgehead atoms. The van der Waals surface area contributed by atoms with E-state index in [1.165, 1.54) is 23.9 Å². The minimum absolute atomic E-state index is 0.0959. The van der Waals surface area contributed by atoms with E-state index in [2.05, 4.69) is 20.9 Å². The summed E-state index contributed by atoms with van der Waals surface area (Å²) in [4.78, 5) is 53.2. The number of benzene rings is 2. The third-order valence-corrected chi connectivity index (χ3v) is 6.77. The molecule has 0 aliphatic rings. The van der Waals surface area contributed by atoms with Gasteiger partial charge in [0.05, 0.1) is 12.6 Å². The van der Waals surface area contributed by atoms with Crippen molar-refractivity contribution >= 4 is 46.4 Å². The number of aromatic amines is 1. The van der Waals surface area contributed by atoms with Gasteiger partial charge in [-0.05, 0) is 54.2 Å². The van der Waals surface area contributed by atoms with Crippen LogP contribution in [0.15, 0.2) is 54.7 Å². The van der Waals surface area contributed by atoms with Gasteiger partial charge in [0.25, 0.3) is 0 Å². The SMILES string of the molecule is CSCCC(NC(=O)C(Cc1c[nH]c2ccccc12)NC(=O)CNC(=O)C(N)Cc1ccc(O)cc1)C(=O)O. The summed E-state index contributed by atoms with van der Waals surface area (Å²) in [5, 5.41) is 27.4. The molecule has 39 heavy (non-hydrogen) atoms. The maximum Gasteiger partial charge on any atom is 0.326 e. The zero-order valence-corrected chi connectivity index (χ0v) is 22.3. The summed E-state index contributed by atoms with van der Waals surface area (Å²) < 4.78 is 0. The van der Waals surface area contributed by atoms with Gasteiger partial charge in [-0.25, -0.2) is 4.79 Å². The van der Waals surface area contributed by atoms with Gasteiger partial charge in [0.2, 0.25) is 17.7 Å². The predicted octanol–water partition coefficient (Wildman–Crippen LogP) is 0.910. The maximum atomic E-state index is 13.2. The van der Waals surface area contributed by atoms with Crippen LogP contribution in [0.25, 0.3) is 10.9 Å². The maximum absolute atomic E-state index is 13.2. The molecule has 0 radical (unpaired) electrons. The van der Waals surface area contributed by atoms with Crippen molar-refractivity contribution < 1.29 is 29.4 Å². The minimum atomic E-state index is -1.16. The Labute approximate surface area is 229 Å². The predicted molar refractivity (Wildman–Crippen MR) is 149 cm³/mol. The number of amides is 3. The number of rotatable bonds is 14. The van der Waals surface area contributed by atoms with Crippen LogP contribution < -0.4 is 21.7 Å². The molecule has 208 valence electrons. The highest BCUT2D eigenvalue weighted by Gasteiger charge is 2.27. The smallest absolute Gasteiger partial charge is 0.326 e. The fourth-order valence-corrected chi connectivity index (χ4v) is 4.49. The zero-order chi connectivity index (χ0) is 28.4. The third kappa shape index (κ3) is 8.76. The number of carbonyl (C=O) groups excluding carboxylic acids is 3. The number of thioether (sulfide) groups is 1. The monoisotopic (exact) mass is 555 g/mol. The quantitative estimate of drug-likeness (QED) is 0.153. The van der Waals surface area contributed by atoms with Crippen LogP contribution in [0.2, 0.25) is 0 Å². The van der Waals surface area contributed by atoms with E-state index in [0.717, 1.165) is 22.0 Å². The van der Waals surface area contributed by atoms with Crippen LogP contribution in [-0.4, -0.2) is 75.6 Å². The van der Waals surface area contributed by atoms with Crippen LogP contribution in [-0.2, 0) is 32.0 Å². The van der Waals surface area contributed by atoms with Gasteiger partial charge < -0.3 is 36.9 Å². The normalized spacial score (nSPS) is 13.3. The molecule has 1 heterocycles. The molecule has 0 aliphatic carbocycles. The van der Waals surface area contributed by atoms with E-state index in [1.807, 2.05) is 30.5 Å². The molecule has 0 aliphatic heterocycles. The molecule has 3 unspecified atom stereocenters. The summed E-state index contributed by atoms with van der Waals surface area (Å²) in [6.07, 6.45) is 4.11. The topological polar surface area (TPSA) is 187 Å². The van der Waals surface area contributed by atoms with E-state index in [1.54, 1.807) is 18.3 Å². The van der Waals surface area contributed by atoms with Gasteiger partial charge >= 0.3 is 5.97 Å². The summed E-state index contributed by atoms with van der Waals surface area (Å²) in [6, 6.07) is 10.6. The second-order valence-corrected chi connectivity index (χ2v) is 10.0. The molecule has 11 nitrogen and oxygen atoms in total. The van der Waals surface area contributed by atoms with Crippen molar-refractivity contribution in [1.82, 2.24) is 20.9 Å². The number of carboxylic acids is 1. The summed E-state index contributed by atoms with van der Waals surface area (Å²) in [5.41, 5.74) is 8.32. The van der Waals surface area contributed by atoms with Gasteiger partial charge in [-0.15, -0.1) is 0 Å². The van der Waals surface area contributed by atoms with Crippen molar-refractivity contribution in [1.29, 1.82) is 0 Å². The highest BCUT2D eigenvalue weighted by Crippen LogP contribution is 2.19. The molecule has 0 fully saturated rings. The molecule has 0 saturated carbocycles. The molecule has 2 aromatic carbocycles. The van der Waals surface area contributed by atoms with E-state index >= 15 is 0 Å². The van der Waals surface area contributed by atoms with E-state index in [0.29, 0.717) is 5.75 Å². The Bertz CT molecular complexity index is 1300. The second-order valence-electron chi connectivity index (χ2n) is 9.06. The Hall–Kier alpha value is -4.03. The van der Waals surface area contributed by atoms with Crippen LogP contribution >= 0.6 is 11.8 Å². The van der Waals surface area contributed by atoms with Crippen LogP contribution in [0.4, 0.5) is 0 Å². The van der Waals surface area contributed by atoms with Crippen molar-refractivity contribution in [2.75, 3.05) is 18.6 Å². The first kappa shape index (κ1) is 29.5. The Morgan fingerprint density at radius 2 is 1.69 bits per heavy atom. The number of nitrogens with two attached hydrogens (primary N) is 1. The standard InChI is InChI=1S/C27H33N5O6S/c1-39-11-10-22(27(37)38)32-26(36)23(13-17-14-29-21-5-3-2-4-19(17)21)31-24(34)15-30-25(35)20(28)12-16-6-8-18(33)9-7-16/h2-9,14,20,22-23,29,33H,10-13,15,28H2,1H3,(H,30,35)(H,31,34)(H,32,36)(H,37,38). The molecular weight excluding hydrogens is 522 g/mol. The first-order valence-electron chi connectivity index (χ1n) is 12.4. The number of hydrogen-bond acceptors (Lipinski definition) is 7. The number of nitrogens with one attached hydrogen (secondary N) is 4. The number of para-hydroxylation sites is 1. The number of carbonyl (C=O) groups is 4. The van der Waals surface area contributed by atoms with Crippen molar-refractivity contribution in [3.05, 3.63) is 65.9 Å². The number of aliphatic carboxylic acids is 1. The molecule has 1 aromatic heterocycles. The first-order chi connectivity index (χ1) is 18.7. The van der Waals surface area contributed by atoms with Gasteiger partial charge in [-0.3, -0.25) is 14.4 Å². The van der Waals surface area contributed by atoms with Crippen LogP contribution in [0.3, 0.4) is 0 Å². The number of aromatic hydroxyl groups is 1. The number of aromatic nitrogens is 1. The van der Waals surface area contributed by atoms with E-state index in [4.69, 9.17) is 5.73 Å². The van der Waals surface area contributed by atoms with Crippen molar-refractivity contribution in [3.63, 3.8) is 0 Å². The lowest BCUT2D eigenvalue weighted by molar-refractivity contribution is -0.142. The lowest BCUT2D eigenvalue weighted by atomic mass is 10.0. The number of H-pyrrole nitrogens is 1. The molecular formula is C27H33N5O6S. The summed E-state index contributed by atoms with van der Waals surface area (Å²) >= 11 is 1.46. The second kappa shape index (κ2) is 14.2. The molecule has 3 amide bonds. The van der Waals surface area contributed by atoms with Crippen LogP contribution in [0.1, 0.15) is 17.5 Å². The Balaban J connectivity index is 1.66. The van der Waals surface area contributed by atoms with Crippen molar-refractivity contribution in [2.24, 2.45) is 5.73 Å². The van der Waals surface area contributed by atoms with E-state index in [-0.39, 0.29) is 25.0 Å². The average Bonchev–Trinajstić information content (AvgIpc) is 3.33. The molecule has 12 heteroatoms. The highest BCUT2D eigenvalue weighted by molar-refractivity contribution is 7.98. The van der Waals surface area contributed by atoms with Gasteiger partial charge in [-0.1, -0.05) is 30.3 Å². The van der Waals surface area contributed by atoms with Gasteiger partial charge in [0, 0.05) is 23.5 Å². The summed E-state index contributed by atoms with van der Waals surface area (Å²) in [5.74, 6) is -2.36. The Morgan fingerprint density at radius 1 is 0.974 bits per heavy atom. The zero-order valence-electron chi connectivity index (χ0n) is 21.5. The number of phenolic OH excluding ortho intramolecular Hbond substituents is 1. The third-order valence-electron chi connectivity index (χ3n) is 6.13. The average molecular weight is 556 g/mol. The molecule has 3 rings (SSSR count). The Morgan fingerprint density at radius 3 is 2.38 bits per heavy atom. The molecule has 3 atom stereocenters.